The lowest BCUT2D eigenvalue weighted by molar-refractivity contribution is -0.137. The highest BCUT2D eigenvalue weighted by Crippen LogP contribution is 2.23. The lowest BCUT2D eigenvalue weighted by Gasteiger charge is -2.26. The van der Waals surface area contributed by atoms with Crippen molar-refractivity contribution in [3.8, 4) is 23.2 Å². The summed E-state index contributed by atoms with van der Waals surface area (Å²) in [6, 6.07) is 7.04. The molecule has 3 heterocycles. The largest absolute Gasteiger partial charge is 0.381 e. The summed E-state index contributed by atoms with van der Waals surface area (Å²) in [6.45, 7) is 2.47. The van der Waals surface area contributed by atoms with Crippen LogP contribution in [0.25, 0.3) is 11.4 Å². The first-order valence-electron chi connectivity index (χ1n) is 9.96. The van der Waals surface area contributed by atoms with Gasteiger partial charge in [0.1, 0.15) is 0 Å². The number of nitrogens with one attached hydrogen (secondary N) is 1. The molecule has 0 radical (unpaired) electrons. The van der Waals surface area contributed by atoms with E-state index >= 15 is 0 Å². The molecule has 4 N–H and O–H groups in total. The normalized spacial score (nSPS) is 20.7. The van der Waals surface area contributed by atoms with Gasteiger partial charge in [0.05, 0.1) is 25.1 Å². The number of primary amides is 1. The molecule has 31 heavy (non-hydrogen) atoms. The summed E-state index contributed by atoms with van der Waals surface area (Å²) >= 11 is 0. The first-order valence-corrected chi connectivity index (χ1v) is 9.96. The quantitative estimate of drug-likeness (QED) is 0.590. The van der Waals surface area contributed by atoms with Crippen molar-refractivity contribution in [2.24, 2.45) is 11.7 Å². The lowest BCUT2D eigenvalue weighted by atomic mass is 10.0. The average Bonchev–Trinajstić information content (AvgIpc) is 2.99. The van der Waals surface area contributed by atoms with E-state index in [4.69, 9.17) is 10.5 Å². The molecule has 0 aliphatic carbocycles. The number of anilines is 1. The average molecular weight is 421 g/mol. The van der Waals surface area contributed by atoms with Crippen molar-refractivity contribution in [1.29, 1.82) is 0 Å². The highest BCUT2D eigenvalue weighted by Gasteiger charge is 2.42. The molecule has 0 bridgehead atoms. The molecule has 9 heteroatoms. The molecule has 0 saturated carbocycles. The molecule has 2 amide bonds. The van der Waals surface area contributed by atoms with Gasteiger partial charge < -0.3 is 25.8 Å². The molecule has 9 nitrogen and oxygen atoms in total. The van der Waals surface area contributed by atoms with Crippen molar-refractivity contribution in [1.82, 2.24) is 14.9 Å². The van der Waals surface area contributed by atoms with E-state index in [-0.39, 0.29) is 12.1 Å². The number of nitrogens with zero attached hydrogens (tertiary/aromatic N) is 3. The Labute approximate surface area is 179 Å². The number of aliphatic hydroxyl groups is 1. The van der Waals surface area contributed by atoms with Crippen LogP contribution in [0.15, 0.2) is 30.5 Å². The summed E-state index contributed by atoms with van der Waals surface area (Å²) in [7, 11) is 1.63. The molecule has 1 unspecified atom stereocenters. The Morgan fingerprint density at radius 3 is 2.90 bits per heavy atom. The van der Waals surface area contributed by atoms with Crippen LogP contribution in [0.5, 0.6) is 0 Å². The summed E-state index contributed by atoms with van der Waals surface area (Å²) < 4.78 is 5.15. The summed E-state index contributed by atoms with van der Waals surface area (Å²) in [6.07, 6.45) is 1.80. The van der Waals surface area contributed by atoms with Crippen molar-refractivity contribution in [2.45, 2.75) is 12.0 Å². The zero-order valence-corrected chi connectivity index (χ0v) is 17.1. The van der Waals surface area contributed by atoms with Gasteiger partial charge in [-0.25, -0.2) is 9.97 Å². The Kier molecular flexibility index (Phi) is 5.59. The molecule has 2 saturated heterocycles. The van der Waals surface area contributed by atoms with E-state index in [9.17, 15) is 14.7 Å². The maximum absolute atomic E-state index is 12.1. The fourth-order valence-electron chi connectivity index (χ4n) is 3.38. The molecule has 1 aromatic heterocycles. The number of ether oxygens (including phenoxy) is 1. The number of hydrogen-bond acceptors (Lipinski definition) is 7. The summed E-state index contributed by atoms with van der Waals surface area (Å²) in [5.41, 5.74) is 5.66. The number of nitrogens with two attached hydrogens (primary N) is 1. The SMILES string of the molecule is CN1CCC(O)(C#Cc2cccc(-c3ncc(NCC4COC4)c(C(N)=O)n3)c2)C1=O. The summed E-state index contributed by atoms with van der Waals surface area (Å²) in [5, 5.41) is 13.6. The van der Waals surface area contributed by atoms with E-state index in [1.165, 1.54) is 11.1 Å². The van der Waals surface area contributed by atoms with Crippen LogP contribution in [-0.4, -0.2) is 70.7 Å². The molecule has 2 fully saturated rings. The topological polar surface area (TPSA) is 131 Å². The van der Waals surface area contributed by atoms with Gasteiger partial charge in [-0.3, -0.25) is 9.59 Å². The summed E-state index contributed by atoms with van der Waals surface area (Å²) in [5.74, 6) is 5.21. The Morgan fingerprint density at radius 2 is 2.26 bits per heavy atom. The Balaban J connectivity index is 1.57. The molecule has 2 aliphatic rings. The molecular formula is C22H23N5O4. The minimum atomic E-state index is -1.67. The van der Waals surface area contributed by atoms with Gasteiger partial charge in [0.15, 0.2) is 11.5 Å². The molecule has 4 rings (SSSR count). The number of rotatable bonds is 5. The van der Waals surface area contributed by atoms with Crippen LogP contribution in [0.1, 0.15) is 22.5 Å². The van der Waals surface area contributed by atoms with Gasteiger partial charge in [0.2, 0.25) is 5.60 Å². The molecular weight excluding hydrogens is 398 g/mol. The first kappa shape index (κ1) is 20.8. The molecule has 0 spiro atoms. The number of amides is 2. The van der Waals surface area contributed by atoms with E-state index < -0.39 is 17.4 Å². The van der Waals surface area contributed by atoms with Gasteiger partial charge in [-0.2, -0.15) is 0 Å². The van der Waals surface area contributed by atoms with Crippen molar-refractivity contribution in [2.75, 3.05) is 38.7 Å². The number of carbonyl (C=O) groups is 2. The number of hydrogen-bond donors (Lipinski definition) is 3. The third-order valence-electron chi connectivity index (χ3n) is 5.35. The minimum Gasteiger partial charge on any atom is -0.381 e. The molecule has 2 aromatic rings. The fourth-order valence-corrected chi connectivity index (χ4v) is 3.38. The highest BCUT2D eigenvalue weighted by atomic mass is 16.5. The van der Waals surface area contributed by atoms with Crippen molar-refractivity contribution >= 4 is 17.5 Å². The Morgan fingerprint density at radius 1 is 1.45 bits per heavy atom. The van der Waals surface area contributed by atoms with Crippen LogP contribution < -0.4 is 11.1 Å². The maximum Gasteiger partial charge on any atom is 0.269 e. The number of aromatic nitrogens is 2. The van der Waals surface area contributed by atoms with E-state index in [1.807, 2.05) is 0 Å². The van der Waals surface area contributed by atoms with Gasteiger partial charge in [-0.1, -0.05) is 24.0 Å². The molecule has 1 aromatic carbocycles. The second-order valence-electron chi connectivity index (χ2n) is 7.77. The first-order chi connectivity index (χ1) is 14.9. The van der Waals surface area contributed by atoms with Crippen LogP contribution in [-0.2, 0) is 9.53 Å². The van der Waals surface area contributed by atoms with E-state index in [0.29, 0.717) is 54.9 Å². The van der Waals surface area contributed by atoms with Crippen LogP contribution in [0.2, 0.25) is 0 Å². The number of benzene rings is 1. The lowest BCUT2D eigenvalue weighted by Crippen LogP contribution is -2.37. The predicted octanol–water partition coefficient (Wildman–Crippen LogP) is 0.246. The second-order valence-corrected chi connectivity index (χ2v) is 7.77. The van der Waals surface area contributed by atoms with Crippen LogP contribution in [0.4, 0.5) is 5.69 Å². The molecule has 1 atom stereocenters. The number of carbonyl (C=O) groups excluding carboxylic acids is 2. The number of likely N-dealkylation sites (N-methyl/N-ethyl adjacent to an activating group) is 1. The summed E-state index contributed by atoms with van der Waals surface area (Å²) in [4.78, 5) is 34.2. The third kappa shape index (κ3) is 4.35. The fraction of sp³-hybridized carbons (Fsp3) is 0.364. The maximum atomic E-state index is 12.1. The van der Waals surface area contributed by atoms with Crippen LogP contribution in [0.3, 0.4) is 0 Å². The third-order valence-corrected chi connectivity index (χ3v) is 5.35. The predicted molar refractivity (Wildman–Crippen MR) is 113 cm³/mol. The highest BCUT2D eigenvalue weighted by molar-refractivity contribution is 5.96. The van der Waals surface area contributed by atoms with E-state index in [2.05, 4.69) is 27.1 Å². The second kappa shape index (κ2) is 8.34. The van der Waals surface area contributed by atoms with Crippen molar-refractivity contribution in [3.05, 3.63) is 41.7 Å². The van der Waals surface area contributed by atoms with Gasteiger partial charge >= 0.3 is 0 Å². The zero-order valence-electron chi connectivity index (χ0n) is 17.1. The van der Waals surface area contributed by atoms with Crippen LogP contribution >= 0.6 is 0 Å². The van der Waals surface area contributed by atoms with Gasteiger partial charge in [-0.15, -0.1) is 0 Å². The van der Waals surface area contributed by atoms with Gasteiger partial charge in [-0.05, 0) is 12.1 Å². The van der Waals surface area contributed by atoms with Crippen molar-refractivity contribution < 1.29 is 19.4 Å². The number of likely N-dealkylation sites (tertiary alicyclic amines) is 1. The van der Waals surface area contributed by atoms with Gasteiger partial charge in [0, 0.05) is 43.6 Å². The minimum absolute atomic E-state index is 0.107. The smallest absolute Gasteiger partial charge is 0.269 e. The van der Waals surface area contributed by atoms with Gasteiger partial charge in [0.25, 0.3) is 11.8 Å². The zero-order chi connectivity index (χ0) is 22.0. The molecule has 2 aliphatic heterocycles. The van der Waals surface area contributed by atoms with E-state index in [1.54, 1.807) is 31.3 Å². The van der Waals surface area contributed by atoms with Crippen molar-refractivity contribution in [3.63, 3.8) is 0 Å². The monoisotopic (exact) mass is 421 g/mol. The van der Waals surface area contributed by atoms with Crippen LogP contribution in [0, 0.1) is 17.8 Å². The Hall–Kier alpha value is -3.48. The molecule has 160 valence electrons. The standard InChI is InChI=1S/C22H23N5O4/c1-27-8-7-22(30,21(27)29)6-5-14-3-2-4-16(9-14)20-25-11-17(18(26-20)19(23)28)24-10-15-12-31-13-15/h2-4,9,11,15,24,30H,7-8,10,12-13H2,1H3,(H2,23,28). The van der Waals surface area contributed by atoms with E-state index in [0.717, 1.165) is 0 Å². The Bertz CT molecular complexity index is 1090.